The zero-order valence-electron chi connectivity index (χ0n) is 18.0. The van der Waals surface area contributed by atoms with E-state index in [0.29, 0.717) is 12.5 Å². The minimum Gasteiger partial charge on any atom is -0.369 e. The first-order chi connectivity index (χ1) is 15.5. The Bertz CT molecular complexity index is 1190. The number of aromatic nitrogens is 2. The van der Waals surface area contributed by atoms with Crippen molar-refractivity contribution in [3.05, 3.63) is 64.1 Å². The maximum atomic E-state index is 13.3. The summed E-state index contributed by atoms with van der Waals surface area (Å²) < 4.78 is 1.96. The molecule has 8 heteroatoms. The van der Waals surface area contributed by atoms with Crippen LogP contribution in [0.4, 0.5) is 0 Å². The molecular formula is C24H26N6OS. The first kappa shape index (κ1) is 20.6. The molecule has 0 bridgehead atoms. The normalized spacial score (nSPS) is 21.0. The zero-order chi connectivity index (χ0) is 22.2. The highest BCUT2D eigenvalue weighted by atomic mass is 32.1. The fraction of sp³-hybridized carbons (Fsp3) is 0.333. The van der Waals surface area contributed by atoms with Gasteiger partial charge in [-0.05, 0) is 59.7 Å². The largest absolute Gasteiger partial charge is 0.369 e. The van der Waals surface area contributed by atoms with Crippen LogP contribution in [0.1, 0.15) is 40.8 Å². The molecule has 2 aliphatic rings. The predicted molar refractivity (Wildman–Crippen MR) is 128 cm³/mol. The Morgan fingerprint density at radius 2 is 2.12 bits per heavy atom. The molecule has 2 N–H and O–H groups in total. The van der Waals surface area contributed by atoms with Crippen LogP contribution in [-0.4, -0.2) is 40.3 Å². The molecule has 0 radical (unpaired) electrons. The Balaban J connectivity index is 1.48. The highest BCUT2D eigenvalue weighted by molar-refractivity contribution is 7.10. The van der Waals surface area contributed by atoms with Crippen molar-refractivity contribution in [1.82, 2.24) is 14.7 Å². The van der Waals surface area contributed by atoms with Crippen LogP contribution in [0.25, 0.3) is 11.1 Å². The summed E-state index contributed by atoms with van der Waals surface area (Å²) in [6, 6.07) is 10.0. The van der Waals surface area contributed by atoms with Gasteiger partial charge in [-0.3, -0.25) is 19.4 Å². The van der Waals surface area contributed by atoms with Gasteiger partial charge in [-0.25, -0.2) is 4.99 Å². The van der Waals surface area contributed by atoms with E-state index in [1.807, 2.05) is 29.2 Å². The van der Waals surface area contributed by atoms with E-state index in [0.717, 1.165) is 33.7 Å². The number of nitrogens with zero attached hydrogens (tertiary/aromatic N) is 5. The number of likely N-dealkylation sites (N-methyl/N-ethyl adjacent to an activating group) is 1. The van der Waals surface area contributed by atoms with Crippen LogP contribution in [0.2, 0.25) is 0 Å². The number of amides is 1. The van der Waals surface area contributed by atoms with E-state index in [9.17, 15) is 4.79 Å². The minimum atomic E-state index is -0.442. The van der Waals surface area contributed by atoms with Crippen LogP contribution in [0.15, 0.2) is 58.1 Å². The second kappa shape index (κ2) is 8.35. The lowest BCUT2D eigenvalue weighted by Gasteiger charge is -2.31. The Morgan fingerprint density at radius 1 is 1.28 bits per heavy atom. The van der Waals surface area contributed by atoms with Gasteiger partial charge in [-0.2, -0.15) is 5.10 Å². The summed E-state index contributed by atoms with van der Waals surface area (Å²) >= 11 is 1.60. The van der Waals surface area contributed by atoms with E-state index in [1.54, 1.807) is 18.4 Å². The van der Waals surface area contributed by atoms with Crippen LogP contribution in [-0.2, 0) is 17.9 Å². The van der Waals surface area contributed by atoms with Gasteiger partial charge in [0.25, 0.3) is 0 Å². The summed E-state index contributed by atoms with van der Waals surface area (Å²) in [6.07, 6.45) is 6.32. The molecule has 1 aliphatic heterocycles. The number of carbonyl (C=O) groups is 1. The summed E-state index contributed by atoms with van der Waals surface area (Å²) in [5.41, 5.74) is 10.3. The van der Waals surface area contributed by atoms with Crippen molar-refractivity contribution in [2.45, 2.75) is 37.9 Å². The van der Waals surface area contributed by atoms with Crippen molar-refractivity contribution in [3.8, 4) is 11.1 Å². The fourth-order valence-corrected chi connectivity index (χ4v) is 5.15. The van der Waals surface area contributed by atoms with Gasteiger partial charge in [-0.15, -0.1) is 11.3 Å². The quantitative estimate of drug-likeness (QED) is 0.559. The van der Waals surface area contributed by atoms with Crippen molar-refractivity contribution < 1.29 is 4.79 Å². The second-order valence-electron chi connectivity index (χ2n) is 8.57. The lowest BCUT2D eigenvalue weighted by molar-refractivity contribution is -0.129. The summed E-state index contributed by atoms with van der Waals surface area (Å²) in [4.78, 5) is 24.4. The number of benzene rings is 1. The number of hydrogen-bond donors (Lipinski definition) is 1. The zero-order valence-corrected chi connectivity index (χ0v) is 18.8. The monoisotopic (exact) mass is 446 g/mol. The van der Waals surface area contributed by atoms with E-state index >= 15 is 0 Å². The molecule has 32 heavy (non-hydrogen) atoms. The molecule has 1 fully saturated rings. The SMILES string of the molecule is C=NCc1cccc(-c2csc(C3N=C(N)N(C)C(=O)[C@@H]3c3cnn(CC4CC4)c3)c2)c1. The van der Waals surface area contributed by atoms with E-state index in [4.69, 9.17) is 10.7 Å². The Kier molecular flexibility index (Phi) is 5.38. The standard InChI is InChI=1S/C24H26N6OS/c1-26-10-16-4-3-5-17(8-16)18-9-20(32-14-18)22-21(23(31)29(2)24(25)28-22)19-11-27-30(13-19)12-15-6-7-15/h3-5,8-9,11,13-15,21-22H,1,6-7,10,12H2,2H3,(H2,25,28)/t21-,22?/m1/s1. The summed E-state index contributed by atoms with van der Waals surface area (Å²) in [7, 11) is 1.68. The van der Waals surface area contributed by atoms with Gasteiger partial charge in [0.15, 0.2) is 5.96 Å². The van der Waals surface area contributed by atoms with Crippen molar-refractivity contribution in [2.75, 3.05) is 7.05 Å². The van der Waals surface area contributed by atoms with Crippen molar-refractivity contribution in [3.63, 3.8) is 0 Å². The van der Waals surface area contributed by atoms with Crippen LogP contribution in [0.5, 0.6) is 0 Å². The highest BCUT2D eigenvalue weighted by Crippen LogP contribution is 2.42. The molecule has 3 aromatic rings. The molecular weight excluding hydrogens is 420 g/mol. The molecule has 1 amide bonds. The van der Waals surface area contributed by atoms with Gasteiger partial charge in [0.1, 0.15) is 6.04 Å². The van der Waals surface area contributed by atoms with Crippen molar-refractivity contribution >= 4 is 29.9 Å². The number of carbonyl (C=O) groups excluding carboxylic acids is 1. The third kappa shape index (κ3) is 3.98. The molecule has 1 aromatic carbocycles. The highest BCUT2D eigenvalue weighted by Gasteiger charge is 2.40. The number of guanidine groups is 1. The Hall–Kier alpha value is -3.26. The lowest BCUT2D eigenvalue weighted by Crippen LogP contribution is -2.46. The van der Waals surface area contributed by atoms with Crippen LogP contribution >= 0.6 is 11.3 Å². The number of thiophene rings is 1. The van der Waals surface area contributed by atoms with Crippen LogP contribution < -0.4 is 5.73 Å². The van der Waals surface area contributed by atoms with E-state index < -0.39 is 5.92 Å². The molecule has 0 spiro atoms. The topological polar surface area (TPSA) is 88.9 Å². The average molecular weight is 447 g/mol. The molecule has 0 saturated heterocycles. The average Bonchev–Trinajstić information content (AvgIpc) is 3.26. The molecule has 2 atom stereocenters. The summed E-state index contributed by atoms with van der Waals surface area (Å²) in [5, 5.41) is 6.62. The van der Waals surface area contributed by atoms with E-state index in [-0.39, 0.29) is 17.9 Å². The van der Waals surface area contributed by atoms with Gasteiger partial charge in [0, 0.05) is 30.2 Å². The fourth-order valence-electron chi connectivity index (χ4n) is 4.16. The number of nitrogens with two attached hydrogens (primary N) is 1. The Morgan fingerprint density at radius 3 is 2.91 bits per heavy atom. The summed E-state index contributed by atoms with van der Waals surface area (Å²) in [6.45, 7) is 5.08. The van der Waals surface area contributed by atoms with E-state index in [1.165, 1.54) is 17.7 Å². The second-order valence-corrected chi connectivity index (χ2v) is 9.51. The van der Waals surface area contributed by atoms with Gasteiger partial charge in [-0.1, -0.05) is 18.2 Å². The lowest BCUT2D eigenvalue weighted by atomic mass is 9.90. The molecule has 1 aliphatic carbocycles. The molecule has 164 valence electrons. The third-order valence-corrected chi connectivity index (χ3v) is 7.15. The van der Waals surface area contributed by atoms with Gasteiger partial charge >= 0.3 is 0 Å². The van der Waals surface area contributed by atoms with Crippen molar-refractivity contribution in [2.24, 2.45) is 21.6 Å². The van der Waals surface area contributed by atoms with Gasteiger partial charge in [0.05, 0.1) is 18.7 Å². The van der Waals surface area contributed by atoms with Gasteiger partial charge < -0.3 is 5.73 Å². The smallest absolute Gasteiger partial charge is 0.239 e. The van der Waals surface area contributed by atoms with Crippen LogP contribution in [0.3, 0.4) is 0 Å². The van der Waals surface area contributed by atoms with Crippen molar-refractivity contribution in [1.29, 1.82) is 0 Å². The maximum Gasteiger partial charge on any atom is 0.239 e. The minimum absolute atomic E-state index is 0.0533. The molecule has 1 saturated carbocycles. The molecule has 5 rings (SSSR count). The molecule has 1 unspecified atom stereocenters. The summed E-state index contributed by atoms with van der Waals surface area (Å²) in [5.74, 6) is 0.463. The third-order valence-electron chi connectivity index (χ3n) is 6.15. The van der Waals surface area contributed by atoms with Gasteiger partial charge in [0.2, 0.25) is 5.91 Å². The molecule has 3 heterocycles. The van der Waals surface area contributed by atoms with E-state index in [2.05, 4.69) is 40.4 Å². The van der Waals surface area contributed by atoms with Crippen LogP contribution in [0, 0.1) is 5.92 Å². The number of aliphatic imine (C=N–C) groups is 2. The number of hydrogen-bond acceptors (Lipinski definition) is 6. The first-order valence-corrected chi connectivity index (χ1v) is 11.6. The maximum absolute atomic E-state index is 13.3. The number of rotatable bonds is 7. The predicted octanol–water partition coefficient (Wildman–Crippen LogP) is 3.83. The molecule has 2 aromatic heterocycles. The molecule has 7 nitrogen and oxygen atoms in total. The Labute approximate surface area is 191 Å². The first-order valence-electron chi connectivity index (χ1n) is 10.8.